The molecule has 7 heteroatoms. The van der Waals surface area contributed by atoms with Crippen molar-refractivity contribution in [3.63, 3.8) is 0 Å². The molecule has 0 aromatic heterocycles. The molecule has 5 rings (SSSR count). The first-order chi connectivity index (χ1) is 18.6. The van der Waals surface area contributed by atoms with E-state index in [0.717, 1.165) is 77.0 Å². The van der Waals surface area contributed by atoms with Crippen LogP contribution in [-0.4, -0.2) is 54.7 Å². The minimum absolute atomic E-state index is 0.0950. The lowest BCUT2D eigenvalue weighted by atomic mass is 9.88. The van der Waals surface area contributed by atoms with E-state index >= 15 is 4.39 Å². The van der Waals surface area contributed by atoms with Crippen LogP contribution in [0, 0.1) is 5.82 Å². The van der Waals surface area contributed by atoms with Crippen molar-refractivity contribution in [2.75, 3.05) is 43.9 Å². The number of halogens is 2. The first kappa shape index (κ1) is 26.6. The van der Waals surface area contributed by atoms with Crippen LogP contribution < -0.4 is 10.1 Å². The Morgan fingerprint density at radius 3 is 2.66 bits per heavy atom. The fourth-order valence-electron chi connectivity index (χ4n) is 5.33. The summed E-state index contributed by atoms with van der Waals surface area (Å²) in [4.78, 5) is 3.24. The highest BCUT2D eigenvalue weighted by molar-refractivity contribution is 7.99. The molecular weight excluding hydrogens is 502 g/mol. The lowest BCUT2D eigenvalue weighted by Crippen LogP contribution is -2.26. The second-order valence-electron chi connectivity index (χ2n) is 9.75. The minimum Gasteiger partial charge on any atom is -0.508 e. The zero-order valence-electron chi connectivity index (χ0n) is 21.7. The smallest absolute Gasteiger partial charge is 0.132 e. The Labute approximate surface area is 227 Å². The van der Waals surface area contributed by atoms with Crippen molar-refractivity contribution in [1.82, 2.24) is 4.90 Å². The predicted molar refractivity (Wildman–Crippen MR) is 152 cm³/mol. The quantitative estimate of drug-likeness (QED) is 0.302. The summed E-state index contributed by atoms with van der Waals surface area (Å²) in [6.45, 7) is 4.94. The van der Waals surface area contributed by atoms with Crippen molar-refractivity contribution >= 4 is 28.6 Å². The molecule has 1 atom stereocenters. The average molecular weight is 537 g/mol. The molecule has 38 heavy (non-hydrogen) atoms. The maximum absolute atomic E-state index is 15.5. The summed E-state index contributed by atoms with van der Waals surface area (Å²) in [6, 6.07) is 18.8. The molecule has 0 saturated carbocycles. The maximum atomic E-state index is 15.5. The first-order valence-electron chi connectivity index (χ1n) is 13.3. The third kappa shape index (κ3) is 6.00. The molecule has 0 spiro atoms. The number of anilines is 1. The van der Waals surface area contributed by atoms with Crippen molar-refractivity contribution in [1.29, 1.82) is 0 Å². The second kappa shape index (κ2) is 12.2. The molecule has 1 saturated heterocycles. The molecule has 2 heterocycles. The zero-order valence-corrected chi connectivity index (χ0v) is 22.5. The normalized spacial score (nSPS) is 17.8. The molecular formula is C31H34F2N2O2S. The van der Waals surface area contributed by atoms with Crippen LogP contribution in [0.25, 0.3) is 11.1 Å². The Bertz CT molecular complexity index is 1300. The zero-order chi connectivity index (χ0) is 26.5. The molecule has 2 aliphatic heterocycles. The standard InChI is InChI=1S/C31H34F2N2O2S/c1-2-34-22-6-10-26(29(33)18-22)27-13-17-38-30-19-23(36)7-11-28(30)31(27)21-4-8-24(9-5-21)37-25-12-16-35(20-25)15-3-14-32/h4-11,18-19,25,34,36H,2-3,12-17,20H2,1H3/t25-/m0/s1. The largest absolute Gasteiger partial charge is 0.508 e. The van der Waals surface area contributed by atoms with Gasteiger partial charge in [-0.3, -0.25) is 9.29 Å². The Morgan fingerprint density at radius 1 is 1.08 bits per heavy atom. The number of phenolic OH excluding ortho intramolecular Hbond substituents is 1. The molecule has 0 radical (unpaired) electrons. The van der Waals surface area contributed by atoms with E-state index in [0.29, 0.717) is 18.4 Å². The molecule has 2 aliphatic rings. The topological polar surface area (TPSA) is 44.7 Å². The van der Waals surface area contributed by atoms with Crippen molar-refractivity contribution in [3.8, 4) is 11.5 Å². The Hall–Kier alpha value is -3.03. The summed E-state index contributed by atoms with van der Waals surface area (Å²) in [5.41, 5.74) is 5.26. The second-order valence-corrected chi connectivity index (χ2v) is 10.9. The van der Waals surface area contributed by atoms with Gasteiger partial charge in [-0.1, -0.05) is 12.1 Å². The lowest BCUT2D eigenvalue weighted by molar-refractivity contribution is 0.198. The molecule has 1 fully saturated rings. The number of benzene rings is 3. The fourth-order valence-corrected chi connectivity index (χ4v) is 6.39. The summed E-state index contributed by atoms with van der Waals surface area (Å²) >= 11 is 1.68. The van der Waals surface area contributed by atoms with Gasteiger partial charge in [-0.25, -0.2) is 4.39 Å². The summed E-state index contributed by atoms with van der Waals surface area (Å²) in [7, 11) is 0. The van der Waals surface area contributed by atoms with Crippen molar-refractivity contribution in [2.45, 2.75) is 37.2 Å². The van der Waals surface area contributed by atoms with Gasteiger partial charge in [-0.05, 0) is 97.0 Å². The van der Waals surface area contributed by atoms with Crippen LogP contribution in [0.1, 0.15) is 42.9 Å². The Kier molecular flexibility index (Phi) is 8.55. The molecule has 0 amide bonds. The number of nitrogens with zero attached hydrogens (tertiary/aromatic N) is 1. The predicted octanol–water partition coefficient (Wildman–Crippen LogP) is 7.23. The van der Waals surface area contributed by atoms with Gasteiger partial charge in [0.15, 0.2) is 0 Å². The van der Waals surface area contributed by atoms with Gasteiger partial charge in [0.25, 0.3) is 0 Å². The number of nitrogens with one attached hydrogen (secondary N) is 1. The van der Waals surface area contributed by atoms with Gasteiger partial charge in [-0.15, -0.1) is 11.8 Å². The number of phenols is 1. The number of alkyl halides is 1. The van der Waals surface area contributed by atoms with Gasteiger partial charge < -0.3 is 15.2 Å². The van der Waals surface area contributed by atoms with Gasteiger partial charge >= 0.3 is 0 Å². The van der Waals surface area contributed by atoms with Gasteiger partial charge in [0.2, 0.25) is 0 Å². The molecule has 200 valence electrons. The highest BCUT2D eigenvalue weighted by Crippen LogP contribution is 2.44. The third-order valence-corrected chi connectivity index (χ3v) is 8.16. The number of aromatic hydroxyl groups is 1. The summed E-state index contributed by atoms with van der Waals surface area (Å²) < 4.78 is 34.2. The van der Waals surface area contributed by atoms with E-state index in [4.69, 9.17) is 4.74 Å². The number of rotatable bonds is 9. The van der Waals surface area contributed by atoms with E-state index < -0.39 is 0 Å². The number of hydrogen-bond donors (Lipinski definition) is 2. The lowest BCUT2D eigenvalue weighted by Gasteiger charge is -2.19. The van der Waals surface area contributed by atoms with Crippen LogP contribution in [0.15, 0.2) is 65.6 Å². The van der Waals surface area contributed by atoms with E-state index in [1.165, 1.54) is 0 Å². The van der Waals surface area contributed by atoms with Crippen molar-refractivity contribution in [2.24, 2.45) is 0 Å². The van der Waals surface area contributed by atoms with E-state index in [1.54, 1.807) is 30.0 Å². The van der Waals surface area contributed by atoms with E-state index in [1.807, 2.05) is 49.4 Å². The number of allylic oxidation sites excluding steroid dienone is 1. The van der Waals surface area contributed by atoms with Crippen molar-refractivity contribution < 1.29 is 18.6 Å². The van der Waals surface area contributed by atoms with Gasteiger partial charge in [0.05, 0.1) is 6.67 Å². The van der Waals surface area contributed by atoms with Crippen LogP contribution in [0.3, 0.4) is 0 Å². The molecule has 2 N–H and O–H groups in total. The Balaban J connectivity index is 1.49. The van der Waals surface area contributed by atoms with Crippen LogP contribution >= 0.6 is 11.8 Å². The number of likely N-dealkylation sites (tertiary alicyclic amines) is 1. The van der Waals surface area contributed by atoms with Gasteiger partial charge in [0.1, 0.15) is 23.4 Å². The summed E-state index contributed by atoms with van der Waals surface area (Å²) in [5, 5.41) is 13.3. The molecule has 3 aromatic rings. The number of fused-ring (bicyclic) bond motifs is 1. The molecule has 0 unspecified atom stereocenters. The fraction of sp³-hybridized carbons (Fsp3) is 0.355. The van der Waals surface area contributed by atoms with Crippen LogP contribution in [0.4, 0.5) is 14.5 Å². The number of hydrogen-bond acceptors (Lipinski definition) is 5. The molecule has 3 aromatic carbocycles. The van der Waals surface area contributed by atoms with E-state index in [2.05, 4.69) is 10.2 Å². The molecule has 0 aliphatic carbocycles. The highest BCUT2D eigenvalue weighted by atomic mass is 32.2. The van der Waals surface area contributed by atoms with Crippen molar-refractivity contribution in [3.05, 3.63) is 83.2 Å². The van der Waals surface area contributed by atoms with Crippen LogP contribution in [0.2, 0.25) is 0 Å². The maximum Gasteiger partial charge on any atom is 0.132 e. The molecule has 0 bridgehead atoms. The van der Waals surface area contributed by atoms with Crippen LogP contribution in [-0.2, 0) is 0 Å². The van der Waals surface area contributed by atoms with E-state index in [-0.39, 0.29) is 24.3 Å². The van der Waals surface area contributed by atoms with Crippen LogP contribution in [0.5, 0.6) is 11.5 Å². The van der Waals surface area contributed by atoms with Gasteiger partial charge in [0, 0.05) is 48.1 Å². The number of thioether (sulfide) groups is 1. The highest BCUT2D eigenvalue weighted by Gasteiger charge is 2.25. The Morgan fingerprint density at radius 2 is 1.89 bits per heavy atom. The average Bonchev–Trinajstić information content (AvgIpc) is 3.27. The third-order valence-electron chi connectivity index (χ3n) is 7.10. The SMILES string of the molecule is CCNc1ccc(C2=C(c3ccc(O[C@H]4CCN(CCCF)C4)cc3)c3ccc(O)cc3SCC2)c(F)c1. The summed E-state index contributed by atoms with van der Waals surface area (Å²) in [5.74, 6) is 1.55. The molecule has 4 nitrogen and oxygen atoms in total. The monoisotopic (exact) mass is 536 g/mol. The first-order valence-corrected chi connectivity index (χ1v) is 14.3. The van der Waals surface area contributed by atoms with Gasteiger partial charge in [-0.2, -0.15) is 0 Å². The summed E-state index contributed by atoms with van der Waals surface area (Å²) in [6.07, 6.45) is 2.29. The minimum atomic E-state index is -0.285. The van der Waals surface area contributed by atoms with E-state index in [9.17, 15) is 9.50 Å². The number of ether oxygens (including phenoxy) is 1.